The van der Waals surface area contributed by atoms with Crippen molar-refractivity contribution in [3.63, 3.8) is 0 Å². The number of ketones is 2. The van der Waals surface area contributed by atoms with Gasteiger partial charge in [-0.25, -0.2) is 0 Å². The van der Waals surface area contributed by atoms with E-state index in [1.807, 2.05) is 52.0 Å². The summed E-state index contributed by atoms with van der Waals surface area (Å²) in [6, 6.07) is 18.2. The normalized spacial score (nSPS) is 12.6. The van der Waals surface area contributed by atoms with Crippen LogP contribution in [0.4, 0.5) is 22.7 Å². The first-order chi connectivity index (χ1) is 22.7. The van der Waals surface area contributed by atoms with E-state index in [0.717, 1.165) is 22.3 Å². The number of rotatable bonds is 11. The quantitative estimate of drug-likeness (QED) is 0.120. The van der Waals surface area contributed by atoms with Gasteiger partial charge in [0.1, 0.15) is 5.69 Å². The van der Waals surface area contributed by atoms with Crippen LogP contribution in [0.3, 0.4) is 0 Å². The van der Waals surface area contributed by atoms with Gasteiger partial charge in [-0.05, 0) is 112 Å². The van der Waals surface area contributed by atoms with Crippen LogP contribution in [-0.2, 0) is 19.2 Å². The number of nitrogens with zero attached hydrogens (tertiary/aromatic N) is 4. The van der Waals surface area contributed by atoms with Gasteiger partial charge >= 0.3 is 0 Å². The second kappa shape index (κ2) is 15.7. The van der Waals surface area contributed by atoms with Gasteiger partial charge in [-0.15, -0.1) is 0 Å². The third-order valence-electron chi connectivity index (χ3n) is 7.63. The van der Waals surface area contributed by atoms with Crippen molar-refractivity contribution in [2.45, 2.75) is 53.6 Å². The number of carbonyl (C=O) groups is 4. The van der Waals surface area contributed by atoms with Gasteiger partial charge in [-0.1, -0.05) is 53.5 Å². The van der Waals surface area contributed by atoms with E-state index < -0.39 is 35.5 Å². The zero-order valence-electron chi connectivity index (χ0n) is 27.3. The molecule has 2 atom stereocenters. The van der Waals surface area contributed by atoms with Crippen molar-refractivity contribution in [3.05, 3.63) is 105 Å². The molecule has 4 aromatic carbocycles. The van der Waals surface area contributed by atoms with Crippen LogP contribution in [0.1, 0.15) is 36.1 Å². The van der Waals surface area contributed by atoms with Crippen molar-refractivity contribution in [2.75, 3.05) is 10.6 Å². The van der Waals surface area contributed by atoms with Crippen LogP contribution in [0.15, 0.2) is 93.3 Å². The lowest BCUT2D eigenvalue weighted by Crippen LogP contribution is -2.31. The fraction of sp³-hybridized carbons (Fsp3) is 0.222. The molecule has 0 saturated carbocycles. The molecule has 2 N–H and O–H groups in total. The summed E-state index contributed by atoms with van der Waals surface area (Å²) in [5, 5.41) is 21.9. The van der Waals surface area contributed by atoms with Crippen LogP contribution in [0.5, 0.6) is 0 Å². The van der Waals surface area contributed by atoms with Crippen molar-refractivity contribution in [1.29, 1.82) is 0 Å². The molecule has 4 rings (SSSR count). The Morgan fingerprint density at radius 1 is 0.583 bits per heavy atom. The Kier molecular flexibility index (Phi) is 11.7. The predicted octanol–water partition coefficient (Wildman–Crippen LogP) is 9.25. The maximum atomic E-state index is 12.8. The number of anilines is 2. The minimum absolute atomic E-state index is 0.0811. The molecule has 0 saturated heterocycles. The highest BCUT2D eigenvalue weighted by Crippen LogP contribution is 2.40. The van der Waals surface area contributed by atoms with Crippen LogP contribution in [0.25, 0.3) is 11.1 Å². The molecule has 4 aromatic rings. The van der Waals surface area contributed by atoms with Crippen LogP contribution in [0.2, 0.25) is 10.0 Å². The molecule has 0 radical (unpaired) electrons. The van der Waals surface area contributed by atoms with E-state index in [2.05, 4.69) is 31.1 Å². The second-order valence-electron chi connectivity index (χ2n) is 11.3. The number of nitrogens with one attached hydrogen (secondary N) is 2. The smallest absolute Gasteiger partial charge is 0.258 e. The van der Waals surface area contributed by atoms with Gasteiger partial charge < -0.3 is 10.6 Å². The van der Waals surface area contributed by atoms with Crippen molar-refractivity contribution in [3.8, 4) is 11.1 Å². The number of carbonyl (C=O) groups excluding carboxylic acids is 4. The third-order valence-corrected chi connectivity index (χ3v) is 8.50. The Balaban J connectivity index is 1.47. The van der Waals surface area contributed by atoms with Crippen LogP contribution >= 0.6 is 23.2 Å². The Labute approximate surface area is 288 Å². The van der Waals surface area contributed by atoms with Crippen molar-refractivity contribution >= 4 is 69.3 Å². The summed E-state index contributed by atoms with van der Waals surface area (Å²) >= 11 is 13.1. The largest absolute Gasteiger partial charge is 0.324 e. The second-order valence-corrected chi connectivity index (χ2v) is 12.1. The zero-order chi connectivity index (χ0) is 35.1. The number of hydrogen-bond donors (Lipinski definition) is 2. The number of hydrogen-bond acceptors (Lipinski definition) is 8. The average molecular weight is 686 g/mol. The van der Waals surface area contributed by atoms with Gasteiger partial charge in [-0.2, -0.15) is 20.5 Å². The van der Waals surface area contributed by atoms with Gasteiger partial charge in [0.15, 0.2) is 11.6 Å². The minimum Gasteiger partial charge on any atom is -0.324 e. The number of azo groups is 2. The van der Waals surface area contributed by atoms with Crippen LogP contribution < -0.4 is 10.6 Å². The lowest BCUT2D eigenvalue weighted by molar-refractivity contribution is -0.127. The van der Waals surface area contributed by atoms with Crippen molar-refractivity contribution in [2.24, 2.45) is 20.5 Å². The van der Waals surface area contributed by atoms with Gasteiger partial charge in [0.05, 0.1) is 15.7 Å². The lowest BCUT2D eigenvalue weighted by atomic mass is 10.0. The van der Waals surface area contributed by atoms with Crippen molar-refractivity contribution in [1.82, 2.24) is 0 Å². The van der Waals surface area contributed by atoms with E-state index in [1.54, 1.807) is 48.5 Å². The van der Waals surface area contributed by atoms with E-state index in [4.69, 9.17) is 23.2 Å². The molecule has 0 aromatic heterocycles. The van der Waals surface area contributed by atoms with Gasteiger partial charge in [0, 0.05) is 16.9 Å². The number of Topliss-reactive ketones (excluding diaryl/α,β-unsaturated/α-hetero) is 2. The molecule has 0 aliphatic carbocycles. The van der Waals surface area contributed by atoms with E-state index in [-0.39, 0.29) is 15.7 Å². The SMILES string of the molecule is CC(=O)C(N=Nc1ccc(-c2ccc(N=NC(C(C)=O)C(=O)Nc3ccc(C)c(C)c3)c(Cl)c2Cl)cc1)C(=O)Nc1ccc(C)c(C)c1. The fourth-order valence-electron chi connectivity index (χ4n) is 4.49. The summed E-state index contributed by atoms with van der Waals surface area (Å²) in [5.74, 6) is -2.15. The summed E-state index contributed by atoms with van der Waals surface area (Å²) in [5.41, 5.74) is 7.10. The highest BCUT2D eigenvalue weighted by molar-refractivity contribution is 6.45. The van der Waals surface area contributed by atoms with Gasteiger partial charge in [0.2, 0.25) is 12.1 Å². The summed E-state index contributed by atoms with van der Waals surface area (Å²) in [4.78, 5) is 50.1. The molecule has 10 nitrogen and oxygen atoms in total. The maximum absolute atomic E-state index is 12.8. The number of aryl methyl sites for hydroxylation is 4. The Morgan fingerprint density at radius 3 is 1.52 bits per heavy atom. The Bertz CT molecular complexity index is 1960. The summed E-state index contributed by atoms with van der Waals surface area (Å²) < 4.78 is 0. The molecule has 246 valence electrons. The molecule has 0 aliphatic rings. The molecule has 2 amide bonds. The first kappa shape index (κ1) is 35.8. The van der Waals surface area contributed by atoms with Gasteiger partial charge in [0.25, 0.3) is 11.8 Å². The van der Waals surface area contributed by atoms with Crippen molar-refractivity contribution < 1.29 is 19.2 Å². The molecule has 0 fully saturated rings. The average Bonchev–Trinajstić information content (AvgIpc) is 3.03. The first-order valence-electron chi connectivity index (χ1n) is 14.9. The van der Waals surface area contributed by atoms with E-state index in [9.17, 15) is 19.2 Å². The monoisotopic (exact) mass is 684 g/mol. The Morgan fingerprint density at radius 2 is 1.06 bits per heavy atom. The van der Waals surface area contributed by atoms with E-state index >= 15 is 0 Å². The summed E-state index contributed by atoms with van der Waals surface area (Å²) in [7, 11) is 0. The fourth-order valence-corrected chi connectivity index (χ4v) is 4.96. The number of halogens is 2. The molecular formula is C36H34Cl2N6O4. The molecule has 0 bridgehead atoms. The highest BCUT2D eigenvalue weighted by Gasteiger charge is 2.25. The molecule has 0 aliphatic heterocycles. The minimum atomic E-state index is -1.39. The summed E-state index contributed by atoms with van der Waals surface area (Å²) in [6.07, 6.45) is 0. The lowest BCUT2D eigenvalue weighted by Gasteiger charge is -2.12. The molecular weight excluding hydrogens is 651 g/mol. The van der Waals surface area contributed by atoms with Crippen LogP contribution in [-0.4, -0.2) is 35.5 Å². The third kappa shape index (κ3) is 8.84. The first-order valence-corrected chi connectivity index (χ1v) is 15.7. The van der Waals surface area contributed by atoms with Crippen LogP contribution in [0, 0.1) is 27.7 Å². The number of amides is 2. The molecule has 0 spiro atoms. The molecule has 2 unspecified atom stereocenters. The number of benzene rings is 4. The standard InChI is InChI=1S/C36H34Cl2N6O4/c1-19-7-11-27(17-21(19)3)39-35(47)33(23(5)45)43-41-26-13-9-25(10-14-26)29-15-16-30(32(38)31(29)37)42-44-34(24(6)46)36(48)40-28-12-8-20(2)22(4)18-28/h7-18,33-34H,1-6H3,(H,39,47)(H,40,48). The van der Waals surface area contributed by atoms with E-state index in [0.29, 0.717) is 28.2 Å². The topological polar surface area (TPSA) is 142 Å². The van der Waals surface area contributed by atoms with E-state index in [1.165, 1.54) is 13.8 Å². The van der Waals surface area contributed by atoms with Gasteiger partial charge in [-0.3, -0.25) is 19.2 Å². The summed E-state index contributed by atoms with van der Waals surface area (Å²) in [6.45, 7) is 10.3. The predicted molar refractivity (Wildman–Crippen MR) is 189 cm³/mol. The molecule has 12 heteroatoms. The Hall–Kier alpha value is -5.06. The molecule has 0 heterocycles. The molecule has 48 heavy (non-hydrogen) atoms. The zero-order valence-corrected chi connectivity index (χ0v) is 28.8. The maximum Gasteiger partial charge on any atom is 0.258 e. The highest BCUT2D eigenvalue weighted by atomic mass is 35.5.